The second kappa shape index (κ2) is 12.5. The summed E-state index contributed by atoms with van der Waals surface area (Å²) in [7, 11) is 0. The molecule has 5 aliphatic rings. The monoisotopic (exact) mass is 584 g/mol. The lowest BCUT2D eigenvalue weighted by molar-refractivity contribution is -0.576. The molecule has 1 spiro atoms. The zero-order chi connectivity index (χ0) is 30.1. The highest BCUT2D eigenvalue weighted by atomic mass is 17.3. The molecule has 0 aromatic heterocycles. The Bertz CT molecular complexity index is 1010. The van der Waals surface area contributed by atoms with E-state index in [0.717, 1.165) is 19.3 Å². The molecule has 4 saturated heterocycles. The van der Waals surface area contributed by atoms with Gasteiger partial charge in [0.05, 0.1) is 13.0 Å². The molecule has 2 amide bonds. The topological polar surface area (TPSA) is 179 Å². The summed E-state index contributed by atoms with van der Waals surface area (Å²) in [6.07, 6.45) is 1.49. The Balaban J connectivity index is 1.35. The van der Waals surface area contributed by atoms with Crippen molar-refractivity contribution in [3.8, 4) is 0 Å². The van der Waals surface area contributed by atoms with Gasteiger partial charge >= 0.3 is 11.9 Å². The van der Waals surface area contributed by atoms with Crippen LogP contribution in [0.1, 0.15) is 79.6 Å². The van der Waals surface area contributed by atoms with Crippen molar-refractivity contribution < 1.29 is 53.4 Å². The largest absolute Gasteiger partial charge is 0.480 e. The highest BCUT2D eigenvalue weighted by Gasteiger charge is 2.69. The third kappa shape index (κ3) is 6.53. The highest BCUT2D eigenvalue weighted by Crippen LogP contribution is 2.60. The summed E-state index contributed by atoms with van der Waals surface area (Å²) >= 11 is 0. The molecule has 4 aliphatic heterocycles. The summed E-state index contributed by atoms with van der Waals surface area (Å²) in [5.41, 5.74) is -0.780. The average molecular weight is 585 g/mol. The molecule has 5 rings (SSSR count). The van der Waals surface area contributed by atoms with Gasteiger partial charge in [0.1, 0.15) is 12.1 Å². The van der Waals surface area contributed by atoms with E-state index in [0.29, 0.717) is 12.3 Å². The molecule has 0 aromatic rings. The van der Waals surface area contributed by atoms with Gasteiger partial charge in [0, 0.05) is 24.7 Å². The van der Waals surface area contributed by atoms with E-state index in [9.17, 15) is 24.3 Å². The van der Waals surface area contributed by atoms with E-state index in [1.54, 1.807) is 0 Å². The number of ether oxygens (including phenoxy) is 3. The molecule has 0 radical (unpaired) electrons. The van der Waals surface area contributed by atoms with Crippen molar-refractivity contribution in [2.75, 3.05) is 6.61 Å². The van der Waals surface area contributed by atoms with Crippen LogP contribution in [0, 0.1) is 29.6 Å². The maximum atomic E-state index is 12.8. The summed E-state index contributed by atoms with van der Waals surface area (Å²) in [6.45, 7) is 8.89. The summed E-state index contributed by atoms with van der Waals surface area (Å²) in [4.78, 5) is 61.2. The van der Waals surface area contributed by atoms with E-state index < -0.39 is 66.4 Å². The van der Waals surface area contributed by atoms with E-state index in [4.69, 9.17) is 29.1 Å². The number of fused-ring (bicyclic) bond motifs is 2. The van der Waals surface area contributed by atoms with Crippen molar-refractivity contribution in [3.63, 3.8) is 0 Å². The van der Waals surface area contributed by atoms with Gasteiger partial charge in [-0.1, -0.05) is 27.7 Å². The third-order valence-electron chi connectivity index (χ3n) is 9.06. The molecule has 4 N–H and O–H groups in total. The summed E-state index contributed by atoms with van der Waals surface area (Å²) in [5, 5.41) is 23.1. The van der Waals surface area contributed by atoms with Gasteiger partial charge in [0.2, 0.25) is 23.9 Å². The van der Waals surface area contributed by atoms with Crippen LogP contribution < -0.4 is 10.6 Å². The van der Waals surface area contributed by atoms with Crippen LogP contribution in [0.2, 0.25) is 0 Å². The number of hydrogen-bond donors (Lipinski definition) is 4. The number of aliphatic hydroxyl groups is 1. The van der Waals surface area contributed by atoms with Crippen molar-refractivity contribution in [2.24, 2.45) is 29.6 Å². The molecule has 0 aromatic carbocycles. The molecule has 5 fully saturated rings. The standard InChI is InChI=1S/C28H44N2O11/c1-14(2)12-19(23(34)30-20(13-31)24(35)36)29-21(32)8-9-22(33)37-25-16(4)18-7-6-15(3)17-10-11-27(5)39-26(38-25)28(17,18)41-40-27/h14-20,25-26,31H,6-13H2,1-5H3,(H,29,32)(H,30,34)(H,35,36)/t15-,16?,17+,18?,19?,20?,25?,26+,27?,28?/m1/s1. The van der Waals surface area contributed by atoms with Gasteiger partial charge in [0.15, 0.2) is 11.9 Å². The van der Waals surface area contributed by atoms with Gasteiger partial charge in [-0.15, -0.1) is 0 Å². The molecule has 2 bridgehead atoms. The molecular weight excluding hydrogens is 540 g/mol. The lowest BCUT2D eigenvalue weighted by atomic mass is 9.58. The first-order valence-electron chi connectivity index (χ1n) is 14.6. The van der Waals surface area contributed by atoms with Crippen LogP contribution in [0.15, 0.2) is 0 Å². The number of aliphatic hydroxyl groups excluding tert-OH is 1. The number of rotatable bonds is 11. The van der Waals surface area contributed by atoms with E-state index >= 15 is 0 Å². The quantitative estimate of drug-likeness (QED) is 0.205. The van der Waals surface area contributed by atoms with Crippen molar-refractivity contribution in [3.05, 3.63) is 0 Å². The Hall–Kier alpha value is -2.32. The minimum Gasteiger partial charge on any atom is -0.480 e. The second-order valence-corrected chi connectivity index (χ2v) is 12.6. The van der Waals surface area contributed by atoms with E-state index in [-0.39, 0.29) is 42.9 Å². The fourth-order valence-corrected chi connectivity index (χ4v) is 6.84. The smallest absolute Gasteiger partial charge is 0.328 e. The first-order chi connectivity index (χ1) is 19.3. The maximum absolute atomic E-state index is 12.8. The summed E-state index contributed by atoms with van der Waals surface area (Å²) in [5.74, 6) is -3.92. The van der Waals surface area contributed by atoms with Crippen LogP contribution in [-0.4, -0.2) is 76.6 Å². The zero-order valence-electron chi connectivity index (χ0n) is 24.4. The molecular formula is C28H44N2O11. The van der Waals surface area contributed by atoms with Crippen molar-refractivity contribution in [1.82, 2.24) is 10.6 Å². The maximum Gasteiger partial charge on any atom is 0.328 e. The predicted molar refractivity (Wildman–Crippen MR) is 140 cm³/mol. The first kappa shape index (κ1) is 31.6. The number of amides is 2. The van der Waals surface area contributed by atoms with Crippen molar-refractivity contribution in [1.29, 1.82) is 0 Å². The van der Waals surface area contributed by atoms with E-state index in [2.05, 4.69) is 17.6 Å². The molecule has 13 heteroatoms. The lowest BCUT2D eigenvalue weighted by Crippen LogP contribution is -2.70. The molecule has 1 aliphatic carbocycles. The fraction of sp³-hybridized carbons (Fsp3) is 0.857. The molecule has 10 atom stereocenters. The molecule has 41 heavy (non-hydrogen) atoms. The second-order valence-electron chi connectivity index (χ2n) is 12.6. The molecule has 1 saturated carbocycles. The normalized spacial score (nSPS) is 37.3. The Morgan fingerprint density at radius 3 is 2.39 bits per heavy atom. The van der Waals surface area contributed by atoms with Gasteiger partial charge < -0.3 is 35.1 Å². The molecule has 13 nitrogen and oxygen atoms in total. The Morgan fingerprint density at radius 2 is 1.73 bits per heavy atom. The molecule has 7 unspecified atom stereocenters. The van der Waals surface area contributed by atoms with Crippen molar-refractivity contribution in [2.45, 2.75) is 116 Å². The number of carbonyl (C=O) groups is 4. The number of aliphatic carboxylic acids is 1. The van der Waals surface area contributed by atoms with Crippen LogP contribution in [-0.2, 0) is 43.2 Å². The Labute approximate surface area is 239 Å². The fourth-order valence-electron chi connectivity index (χ4n) is 6.84. The molecule has 4 heterocycles. The minimum atomic E-state index is -1.49. The average Bonchev–Trinajstić information content (AvgIpc) is 3.13. The summed E-state index contributed by atoms with van der Waals surface area (Å²) in [6, 6.07) is -2.52. The zero-order valence-corrected chi connectivity index (χ0v) is 24.4. The van der Waals surface area contributed by atoms with Gasteiger partial charge in [-0.2, -0.15) is 0 Å². The SMILES string of the molecule is CC(C)CC(NC(=O)CCC(=O)OC1O[C@H]2OC3(C)CC[C@H]4[C@H](C)CCC(C1C)C24OO3)C(=O)NC(CO)C(=O)O. The van der Waals surface area contributed by atoms with Gasteiger partial charge in [-0.3, -0.25) is 14.4 Å². The van der Waals surface area contributed by atoms with Crippen LogP contribution in [0.25, 0.3) is 0 Å². The Kier molecular flexibility index (Phi) is 9.64. The third-order valence-corrected chi connectivity index (χ3v) is 9.06. The molecule has 232 valence electrons. The highest BCUT2D eigenvalue weighted by molar-refractivity contribution is 5.91. The number of nitrogens with one attached hydrogen (secondary N) is 2. The minimum absolute atomic E-state index is 0.00198. The first-order valence-corrected chi connectivity index (χ1v) is 14.6. The number of hydrogen-bond acceptors (Lipinski definition) is 10. The Morgan fingerprint density at radius 1 is 1.00 bits per heavy atom. The van der Waals surface area contributed by atoms with Crippen LogP contribution in [0.3, 0.4) is 0 Å². The van der Waals surface area contributed by atoms with Crippen LogP contribution in [0.5, 0.6) is 0 Å². The van der Waals surface area contributed by atoms with Gasteiger partial charge in [0.25, 0.3) is 0 Å². The number of esters is 1. The lowest BCUT2D eigenvalue weighted by Gasteiger charge is -2.59. The van der Waals surface area contributed by atoms with Crippen LogP contribution >= 0.6 is 0 Å². The predicted octanol–water partition coefficient (Wildman–Crippen LogP) is 1.61. The van der Waals surface area contributed by atoms with E-state index in [1.165, 1.54) is 0 Å². The number of carbonyl (C=O) groups excluding carboxylic acids is 3. The van der Waals surface area contributed by atoms with Gasteiger partial charge in [-0.05, 0) is 50.4 Å². The van der Waals surface area contributed by atoms with E-state index in [1.807, 2.05) is 27.7 Å². The van der Waals surface area contributed by atoms with Crippen LogP contribution in [0.4, 0.5) is 0 Å². The number of carboxylic acid groups (broad SMARTS) is 1. The summed E-state index contributed by atoms with van der Waals surface area (Å²) < 4.78 is 18.2. The van der Waals surface area contributed by atoms with Gasteiger partial charge in [-0.25, -0.2) is 14.6 Å². The van der Waals surface area contributed by atoms with Crippen molar-refractivity contribution >= 4 is 23.8 Å². The number of carboxylic acids is 1.